The fourth-order valence-corrected chi connectivity index (χ4v) is 2.24. The second-order valence-electron chi connectivity index (χ2n) is 3.90. The standard InChI is InChI=1S/C12H16BrNO2/c1-15-12-3-2-10(13)6-9(12)7-14-11-4-5-16-8-11/h2-3,6,11,14H,4-5,7-8H2,1H3. The summed E-state index contributed by atoms with van der Waals surface area (Å²) in [7, 11) is 1.70. The van der Waals surface area contributed by atoms with Gasteiger partial charge in [-0.25, -0.2) is 0 Å². The number of ether oxygens (including phenoxy) is 2. The molecule has 0 saturated carbocycles. The SMILES string of the molecule is COc1ccc(Br)cc1CNC1CCOC1. The van der Waals surface area contributed by atoms with Gasteiger partial charge < -0.3 is 14.8 Å². The monoisotopic (exact) mass is 285 g/mol. The molecule has 1 aromatic rings. The normalized spacial score (nSPS) is 20.0. The van der Waals surface area contributed by atoms with Gasteiger partial charge in [0.25, 0.3) is 0 Å². The highest BCUT2D eigenvalue weighted by molar-refractivity contribution is 9.10. The third-order valence-corrected chi connectivity index (χ3v) is 3.25. The summed E-state index contributed by atoms with van der Waals surface area (Å²) < 4.78 is 11.7. The van der Waals surface area contributed by atoms with Crippen molar-refractivity contribution >= 4 is 15.9 Å². The minimum atomic E-state index is 0.476. The van der Waals surface area contributed by atoms with Crippen molar-refractivity contribution in [1.82, 2.24) is 5.32 Å². The Balaban J connectivity index is 1.98. The van der Waals surface area contributed by atoms with Crippen LogP contribution in [0.4, 0.5) is 0 Å². The van der Waals surface area contributed by atoms with Crippen LogP contribution in [0.1, 0.15) is 12.0 Å². The predicted molar refractivity (Wildman–Crippen MR) is 66.8 cm³/mol. The van der Waals surface area contributed by atoms with Gasteiger partial charge in [-0.1, -0.05) is 15.9 Å². The number of methoxy groups -OCH3 is 1. The Morgan fingerprint density at radius 2 is 2.44 bits per heavy atom. The van der Waals surface area contributed by atoms with Gasteiger partial charge in [-0.2, -0.15) is 0 Å². The van der Waals surface area contributed by atoms with E-state index in [1.807, 2.05) is 12.1 Å². The molecule has 0 bridgehead atoms. The predicted octanol–water partition coefficient (Wildman–Crippen LogP) is 2.34. The highest BCUT2D eigenvalue weighted by Crippen LogP contribution is 2.23. The molecule has 1 heterocycles. The summed E-state index contributed by atoms with van der Waals surface area (Å²) in [6.07, 6.45) is 1.09. The Morgan fingerprint density at radius 3 is 3.12 bits per heavy atom. The Hall–Kier alpha value is -0.580. The van der Waals surface area contributed by atoms with Gasteiger partial charge >= 0.3 is 0 Å². The van der Waals surface area contributed by atoms with E-state index in [9.17, 15) is 0 Å². The first kappa shape index (κ1) is 11.9. The van der Waals surface area contributed by atoms with E-state index in [0.717, 1.165) is 36.4 Å². The van der Waals surface area contributed by atoms with E-state index >= 15 is 0 Å². The van der Waals surface area contributed by atoms with E-state index in [1.165, 1.54) is 5.56 Å². The van der Waals surface area contributed by atoms with Crippen LogP contribution in [0.3, 0.4) is 0 Å². The molecule has 0 amide bonds. The molecule has 4 heteroatoms. The van der Waals surface area contributed by atoms with Crippen LogP contribution >= 0.6 is 15.9 Å². The van der Waals surface area contributed by atoms with E-state index in [-0.39, 0.29) is 0 Å². The molecule has 1 aliphatic rings. The molecule has 0 radical (unpaired) electrons. The molecule has 16 heavy (non-hydrogen) atoms. The van der Waals surface area contributed by atoms with E-state index < -0.39 is 0 Å². The minimum Gasteiger partial charge on any atom is -0.496 e. The summed E-state index contributed by atoms with van der Waals surface area (Å²) in [6.45, 7) is 2.50. The average Bonchev–Trinajstić information content (AvgIpc) is 2.79. The summed E-state index contributed by atoms with van der Waals surface area (Å²) in [6, 6.07) is 6.53. The molecule has 1 atom stereocenters. The van der Waals surface area contributed by atoms with Gasteiger partial charge in [-0.15, -0.1) is 0 Å². The Morgan fingerprint density at radius 1 is 1.56 bits per heavy atom. The van der Waals surface area contributed by atoms with Crippen molar-refractivity contribution < 1.29 is 9.47 Å². The lowest BCUT2D eigenvalue weighted by atomic mass is 10.2. The van der Waals surface area contributed by atoms with Crippen molar-refractivity contribution in [3.63, 3.8) is 0 Å². The van der Waals surface area contributed by atoms with E-state index in [4.69, 9.17) is 9.47 Å². The van der Waals surface area contributed by atoms with Crippen molar-refractivity contribution in [1.29, 1.82) is 0 Å². The molecule has 1 saturated heterocycles. The number of hydrogen-bond donors (Lipinski definition) is 1. The lowest BCUT2D eigenvalue weighted by Crippen LogP contribution is -2.28. The van der Waals surface area contributed by atoms with Crippen LogP contribution in [0.25, 0.3) is 0 Å². The molecular weight excluding hydrogens is 270 g/mol. The van der Waals surface area contributed by atoms with Crippen LogP contribution in [0.15, 0.2) is 22.7 Å². The third-order valence-electron chi connectivity index (χ3n) is 2.75. The van der Waals surface area contributed by atoms with Gasteiger partial charge in [-0.05, 0) is 24.6 Å². The van der Waals surface area contributed by atoms with Gasteiger partial charge in [0, 0.05) is 29.2 Å². The number of hydrogen-bond acceptors (Lipinski definition) is 3. The number of rotatable bonds is 4. The van der Waals surface area contributed by atoms with Crippen LogP contribution in [0.5, 0.6) is 5.75 Å². The number of halogens is 1. The van der Waals surface area contributed by atoms with Crippen molar-refractivity contribution in [2.75, 3.05) is 20.3 Å². The molecule has 88 valence electrons. The van der Waals surface area contributed by atoms with Crippen LogP contribution < -0.4 is 10.1 Å². The summed E-state index contributed by atoms with van der Waals surface area (Å²) in [4.78, 5) is 0. The summed E-state index contributed by atoms with van der Waals surface area (Å²) in [5, 5.41) is 3.47. The van der Waals surface area contributed by atoms with Crippen molar-refractivity contribution in [3.8, 4) is 5.75 Å². The van der Waals surface area contributed by atoms with Gasteiger partial charge in [0.05, 0.1) is 13.7 Å². The molecule has 1 fully saturated rings. The smallest absolute Gasteiger partial charge is 0.123 e. The molecule has 1 aliphatic heterocycles. The maximum atomic E-state index is 5.32. The van der Waals surface area contributed by atoms with Crippen LogP contribution in [-0.2, 0) is 11.3 Å². The fraction of sp³-hybridized carbons (Fsp3) is 0.500. The van der Waals surface area contributed by atoms with E-state index in [0.29, 0.717) is 6.04 Å². The average molecular weight is 286 g/mol. The highest BCUT2D eigenvalue weighted by Gasteiger charge is 2.15. The first-order valence-corrected chi connectivity index (χ1v) is 6.22. The topological polar surface area (TPSA) is 30.5 Å². The molecule has 0 aromatic heterocycles. The van der Waals surface area contributed by atoms with E-state index in [1.54, 1.807) is 7.11 Å². The van der Waals surface area contributed by atoms with Crippen molar-refractivity contribution in [2.24, 2.45) is 0 Å². The number of benzene rings is 1. The first-order chi connectivity index (χ1) is 7.79. The zero-order valence-electron chi connectivity index (χ0n) is 9.33. The Labute approximate surface area is 104 Å². The van der Waals surface area contributed by atoms with Gasteiger partial charge in [-0.3, -0.25) is 0 Å². The maximum absolute atomic E-state index is 5.32. The van der Waals surface area contributed by atoms with Crippen LogP contribution in [0.2, 0.25) is 0 Å². The minimum absolute atomic E-state index is 0.476. The zero-order chi connectivity index (χ0) is 11.4. The van der Waals surface area contributed by atoms with Crippen molar-refractivity contribution in [3.05, 3.63) is 28.2 Å². The third kappa shape index (κ3) is 2.97. The number of nitrogens with one attached hydrogen (secondary N) is 1. The molecule has 1 aromatic carbocycles. The van der Waals surface area contributed by atoms with Gasteiger partial charge in [0.1, 0.15) is 5.75 Å². The molecule has 0 spiro atoms. The zero-order valence-corrected chi connectivity index (χ0v) is 10.9. The van der Waals surface area contributed by atoms with Gasteiger partial charge in [0.2, 0.25) is 0 Å². The van der Waals surface area contributed by atoms with Crippen LogP contribution in [0, 0.1) is 0 Å². The summed E-state index contributed by atoms with van der Waals surface area (Å²) in [5.41, 5.74) is 1.17. The van der Waals surface area contributed by atoms with E-state index in [2.05, 4.69) is 27.3 Å². The summed E-state index contributed by atoms with van der Waals surface area (Å²) >= 11 is 3.47. The molecule has 2 rings (SSSR count). The lowest BCUT2D eigenvalue weighted by molar-refractivity contribution is 0.189. The largest absolute Gasteiger partial charge is 0.496 e. The van der Waals surface area contributed by atoms with Crippen LogP contribution in [-0.4, -0.2) is 26.4 Å². The molecular formula is C12H16BrNO2. The fourth-order valence-electron chi connectivity index (χ4n) is 1.84. The molecule has 1 N–H and O–H groups in total. The Bertz CT molecular complexity index is 351. The second-order valence-corrected chi connectivity index (χ2v) is 4.81. The quantitative estimate of drug-likeness (QED) is 0.921. The second kappa shape index (κ2) is 5.66. The summed E-state index contributed by atoms with van der Waals surface area (Å²) in [5.74, 6) is 0.926. The lowest BCUT2D eigenvalue weighted by Gasteiger charge is -2.13. The molecule has 0 aliphatic carbocycles. The maximum Gasteiger partial charge on any atom is 0.123 e. The molecule has 3 nitrogen and oxygen atoms in total. The molecule has 1 unspecified atom stereocenters. The van der Waals surface area contributed by atoms with Gasteiger partial charge in [0.15, 0.2) is 0 Å². The van der Waals surface area contributed by atoms with Crippen molar-refractivity contribution in [2.45, 2.75) is 19.0 Å². The highest BCUT2D eigenvalue weighted by atomic mass is 79.9. The first-order valence-electron chi connectivity index (χ1n) is 5.43. The Kier molecular flexibility index (Phi) is 4.21.